The van der Waals surface area contributed by atoms with Crippen LogP contribution in [0.4, 0.5) is 0 Å². The molecule has 1 aromatic heterocycles. The Morgan fingerprint density at radius 2 is 2.05 bits per heavy atom. The average molecular weight is 261 g/mol. The van der Waals surface area contributed by atoms with Gasteiger partial charge in [0.05, 0.1) is 19.0 Å². The smallest absolute Gasteiger partial charge is 0.315 e. The fourth-order valence-corrected chi connectivity index (χ4v) is 1.75. The van der Waals surface area contributed by atoms with Crippen molar-refractivity contribution >= 4 is 5.97 Å². The fourth-order valence-electron chi connectivity index (χ4n) is 1.75. The minimum absolute atomic E-state index is 0.490. The third kappa shape index (κ3) is 2.16. The summed E-state index contributed by atoms with van der Waals surface area (Å²) >= 11 is 0. The minimum Gasteiger partial charge on any atom is -0.494 e. The molecule has 0 saturated heterocycles. The Bertz CT molecular complexity index is 605. The maximum atomic E-state index is 11.4. The maximum absolute atomic E-state index is 11.4. The molecule has 1 heterocycles. The van der Waals surface area contributed by atoms with Crippen molar-refractivity contribution in [2.45, 2.75) is 19.3 Å². The molecule has 0 spiro atoms. The molecular formula is C13H15N3O3. The molecule has 2 aromatic rings. The van der Waals surface area contributed by atoms with E-state index in [-0.39, 0.29) is 0 Å². The number of aromatic nitrogens is 3. The molecule has 6 nitrogen and oxygen atoms in total. The van der Waals surface area contributed by atoms with Gasteiger partial charge in [-0.05, 0) is 26.0 Å². The summed E-state index contributed by atoms with van der Waals surface area (Å²) in [6.07, 6.45) is 1.46. The number of methoxy groups -OCH3 is 1. The van der Waals surface area contributed by atoms with E-state index in [0.29, 0.717) is 17.1 Å². The van der Waals surface area contributed by atoms with Crippen LogP contribution in [0.1, 0.15) is 19.5 Å². The summed E-state index contributed by atoms with van der Waals surface area (Å²) in [4.78, 5) is 11.4. The van der Waals surface area contributed by atoms with Gasteiger partial charge < -0.3 is 9.84 Å². The minimum atomic E-state index is -1.09. The molecule has 0 amide bonds. The Kier molecular flexibility index (Phi) is 3.25. The zero-order valence-corrected chi connectivity index (χ0v) is 11.0. The van der Waals surface area contributed by atoms with Gasteiger partial charge >= 0.3 is 5.97 Å². The molecule has 0 saturated carbocycles. The van der Waals surface area contributed by atoms with Crippen molar-refractivity contribution in [2.75, 3.05) is 7.11 Å². The Morgan fingerprint density at radius 1 is 1.37 bits per heavy atom. The van der Waals surface area contributed by atoms with Crippen molar-refractivity contribution in [1.29, 1.82) is 0 Å². The monoisotopic (exact) mass is 261 g/mol. The summed E-state index contributed by atoms with van der Waals surface area (Å²) in [6, 6.07) is 7.25. The zero-order valence-electron chi connectivity index (χ0n) is 11.0. The number of carboxylic acid groups (broad SMARTS) is 1. The number of para-hydroxylation sites is 2. The summed E-state index contributed by atoms with van der Waals surface area (Å²) in [7, 11) is 1.55. The number of ether oxygens (including phenoxy) is 1. The molecule has 6 heteroatoms. The number of carboxylic acids is 1. The van der Waals surface area contributed by atoms with E-state index in [2.05, 4.69) is 10.3 Å². The highest BCUT2D eigenvalue weighted by atomic mass is 16.5. The second-order valence-electron chi connectivity index (χ2n) is 4.63. The van der Waals surface area contributed by atoms with Crippen molar-refractivity contribution in [1.82, 2.24) is 15.0 Å². The second kappa shape index (κ2) is 4.72. The normalized spacial score (nSPS) is 11.3. The first-order valence-electron chi connectivity index (χ1n) is 5.76. The van der Waals surface area contributed by atoms with E-state index in [1.165, 1.54) is 10.9 Å². The van der Waals surface area contributed by atoms with Crippen LogP contribution in [-0.4, -0.2) is 33.2 Å². The lowest BCUT2D eigenvalue weighted by molar-refractivity contribution is -0.142. The lowest BCUT2D eigenvalue weighted by atomic mass is 9.90. The molecule has 0 unspecified atom stereocenters. The zero-order chi connectivity index (χ0) is 14.0. The SMILES string of the molecule is COc1ccccc1-n1nncc1C(C)(C)C(=O)O. The number of hydrogen-bond donors (Lipinski definition) is 1. The molecule has 0 aliphatic rings. The first kappa shape index (κ1) is 13.1. The molecular weight excluding hydrogens is 246 g/mol. The van der Waals surface area contributed by atoms with Gasteiger partial charge in [-0.25, -0.2) is 4.68 Å². The number of nitrogens with zero attached hydrogens (tertiary/aromatic N) is 3. The average Bonchev–Trinajstić information content (AvgIpc) is 2.88. The van der Waals surface area contributed by atoms with E-state index in [4.69, 9.17) is 4.74 Å². The van der Waals surface area contributed by atoms with Crippen LogP contribution in [0.3, 0.4) is 0 Å². The van der Waals surface area contributed by atoms with Crippen LogP contribution < -0.4 is 4.74 Å². The molecule has 0 fully saturated rings. The van der Waals surface area contributed by atoms with Crippen molar-refractivity contribution in [3.8, 4) is 11.4 Å². The highest BCUT2D eigenvalue weighted by molar-refractivity contribution is 5.79. The summed E-state index contributed by atoms with van der Waals surface area (Å²) in [5.74, 6) is -0.332. The van der Waals surface area contributed by atoms with Gasteiger partial charge in [0.2, 0.25) is 0 Å². The molecule has 19 heavy (non-hydrogen) atoms. The summed E-state index contributed by atoms with van der Waals surface area (Å²) in [6.45, 7) is 3.22. The van der Waals surface area contributed by atoms with Crippen LogP contribution in [0.5, 0.6) is 5.75 Å². The quantitative estimate of drug-likeness (QED) is 0.905. The number of carbonyl (C=O) groups is 1. The molecule has 2 rings (SSSR count). The maximum Gasteiger partial charge on any atom is 0.315 e. The third-order valence-electron chi connectivity index (χ3n) is 3.04. The number of hydrogen-bond acceptors (Lipinski definition) is 4. The molecule has 0 aliphatic carbocycles. The van der Waals surface area contributed by atoms with E-state index in [1.807, 2.05) is 12.1 Å². The molecule has 0 bridgehead atoms. The first-order valence-corrected chi connectivity index (χ1v) is 5.76. The Morgan fingerprint density at radius 3 is 2.68 bits per heavy atom. The standard InChI is InChI=1S/C13H15N3O3/c1-13(2,12(17)18)11-8-14-15-16(11)9-6-4-5-7-10(9)19-3/h4-8H,1-3H3,(H,17,18). The molecule has 0 atom stereocenters. The molecule has 1 aromatic carbocycles. The van der Waals surface area contributed by atoms with Crippen LogP contribution in [0, 0.1) is 0 Å². The van der Waals surface area contributed by atoms with Gasteiger partial charge in [0.15, 0.2) is 0 Å². The van der Waals surface area contributed by atoms with Crippen LogP contribution >= 0.6 is 0 Å². The Balaban J connectivity index is 2.60. The van der Waals surface area contributed by atoms with Crippen molar-refractivity contribution in [2.24, 2.45) is 0 Å². The fraction of sp³-hybridized carbons (Fsp3) is 0.308. The van der Waals surface area contributed by atoms with E-state index >= 15 is 0 Å². The number of aliphatic carboxylic acids is 1. The van der Waals surface area contributed by atoms with Gasteiger partial charge in [-0.2, -0.15) is 0 Å². The topological polar surface area (TPSA) is 77.2 Å². The lowest BCUT2D eigenvalue weighted by Gasteiger charge is -2.20. The van der Waals surface area contributed by atoms with Crippen molar-refractivity contribution in [3.05, 3.63) is 36.2 Å². The van der Waals surface area contributed by atoms with Crippen LogP contribution in [0.15, 0.2) is 30.5 Å². The number of rotatable bonds is 4. The van der Waals surface area contributed by atoms with Crippen LogP contribution in [0.25, 0.3) is 5.69 Å². The van der Waals surface area contributed by atoms with Gasteiger partial charge in [0, 0.05) is 0 Å². The largest absolute Gasteiger partial charge is 0.494 e. The van der Waals surface area contributed by atoms with Gasteiger partial charge in [0.1, 0.15) is 16.9 Å². The molecule has 0 radical (unpaired) electrons. The third-order valence-corrected chi connectivity index (χ3v) is 3.04. The summed E-state index contributed by atoms with van der Waals surface area (Å²) in [5, 5.41) is 17.1. The Labute approximate surface area is 110 Å². The lowest BCUT2D eigenvalue weighted by Crippen LogP contribution is -2.31. The highest BCUT2D eigenvalue weighted by Crippen LogP contribution is 2.28. The summed E-state index contributed by atoms with van der Waals surface area (Å²) in [5.41, 5.74) is 0.0565. The number of benzene rings is 1. The van der Waals surface area contributed by atoms with E-state index in [0.717, 1.165) is 0 Å². The van der Waals surface area contributed by atoms with Crippen LogP contribution in [-0.2, 0) is 10.2 Å². The van der Waals surface area contributed by atoms with Gasteiger partial charge in [0.25, 0.3) is 0 Å². The van der Waals surface area contributed by atoms with Crippen LogP contribution in [0.2, 0.25) is 0 Å². The molecule has 100 valence electrons. The van der Waals surface area contributed by atoms with E-state index in [1.54, 1.807) is 33.1 Å². The van der Waals surface area contributed by atoms with Gasteiger partial charge in [-0.15, -0.1) is 5.10 Å². The second-order valence-corrected chi connectivity index (χ2v) is 4.63. The first-order chi connectivity index (χ1) is 8.98. The highest BCUT2D eigenvalue weighted by Gasteiger charge is 2.34. The van der Waals surface area contributed by atoms with Gasteiger partial charge in [-0.1, -0.05) is 17.3 Å². The van der Waals surface area contributed by atoms with Crippen molar-refractivity contribution in [3.63, 3.8) is 0 Å². The molecule has 0 aliphatic heterocycles. The predicted molar refractivity (Wildman–Crippen MR) is 68.6 cm³/mol. The summed E-state index contributed by atoms with van der Waals surface area (Å²) < 4.78 is 6.75. The van der Waals surface area contributed by atoms with E-state index < -0.39 is 11.4 Å². The van der Waals surface area contributed by atoms with Gasteiger partial charge in [-0.3, -0.25) is 4.79 Å². The molecule has 1 N–H and O–H groups in total. The van der Waals surface area contributed by atoms with E-state index in [9.17, 15) is 9.90 Å². The van der Waals surface area contributed by atoms with Crippen molar-refractivity contribution < 1.29 is 14.6 Å². The Hall–Kier alpha value is -2.37. The predicted octanol–water partition coefficient (Wildman–Crippen LogP) is 1.64.